The van der Waals surface area contributed by atoms with Crippen molar-refractivity contribution in [3.63, 3.8) is 0 Å². The molecule has 0 bridgehead atoms. The van der Waals surface area contributed by atoms with Crippen molar-refractivity contribution in [2.75, 3.05) is 24.7 Å². The highest BCUT2D eigenvalue weighted by Crippen LogP contribution is 2.34. The molecule has 2 aliphatic rings. The van der Waals surface area contributed by atoms with Crippen LogP contribution in [0.5, 0.6) is 0 Å². The normalized spacial score (nSPS) is 28.7. The van der Waals surface area contributed by atoms with Gasteiger partial charge in [-0.3, -0.25) is 28.7 Å². The Morgan fingerprint density at radius 2 is 1.57 bits per heavy atom. The maximum absolute atomic E-state index is 12.1. The third kappa shape index (κ3) is 4.49. The molecule has 2 fully saturated rings. The number of imidazole rings is 2. The van der Waals surface area contributed by atoms with Crippen molar-refractivity contribution in [1.29, 1.82) is 0 Å². The van der Waals surface area contributed by atoms with Gasteiger partial charge in [-0.15, -0.1) is 0 Å². The van der Waals surface area contributed by atoms with Crippen molar-refractivity contribution in [3.05, 3.63) is 33.4 Å². The Hall–Kier alpha value is -3.94. The monoisotopic (exact) mass is 560 g/mol. The number of aromatic nitrogens is 8. The molecule has 9 N–H and O–H groups in total. The molecule has 0 aromatic carbocycles. The maximum Gasteiger partial charge on any atom is 0.280 e. The number of nitrogens with two attached hydrogens (primary N) is 2. The van der Waals surface area contributed by atoms with Crippen molar-refractivity contribution < 1.29 is 29.5 Å². The van der Waals surface area contributed by atoms with Gasteiger partial charge in [-0.25, -0.2) is 9.97 Å². The van der Waals surface area contributed by atoms with E-state index < -0.39 is 54.1 Å². The highest BCUT2D eigenvalue weighted by Gasteiger charge is 2.44. The van der Waals surface area contributed by atoms with Crippen LogP contribution in [0.2, 0.25) is 0 Å². The van der Waals surface area contributed by atoms with Crippen LogP contribution in [-0.2, 0) is 14.2 Å². The molecule has 4 aromatic heterocycles. The summed E-state index contributed by atoms with van der Waals surface area (Å²) in [6.45, 7) is -0.0376. The Labute approximate surface area is 223 Å². The van der Waals surface area contributed by atoms with Crippen molar-refractivity contribution in [2.24, 2.45) is 0 Å². The molecule has 18 nitrogen and oxygen atoms in total. The van der Waals surface area contributed by atoms with Crippen molar-refractivity contribution in [1.82, 2.24) is 39.0 Å². The van der Waals surface area contributed by atoms with Gasteiger partial charge in [0.1, 0.15) is 24.5 Å². The maximum atomic E-state index is 12.1. The van der Waals surface area contributed by atoms with E-state index >= 15 is 0 Å². The van der Waals surface area contributed by atoms with Crippen molar-refractivity contribution in [3.8, 4) is 0 Å². The fourth-order valence-electron chi connectivity index (χ4n) is 5.21. The lowest BCUT2D eigenvalue weighted by Crippen LogP contribution is -2.32. The number of nitrogens with one attached hydrogen (secondary N) is 2. The summed E-state index contributed by atoms with van der Waals surface area (Å²) in [6.07, 6.45) is -2.05. The van der Waals surface area contributed by atoms with Crippen LogP contribution in [0, 0.1) is 0 Å². The van der Waals surface area contributed by atoms with Gasteiger partial charge in [0.05, 0.1) is 31.5 Å². The molecule has 2 saturated heterocycles. The Morgan fingerprint density at radius 3 is 2.23 bits per heavy atom. The van der Waals surface area contributed by atoms with E-state index in [0.717, 1.165) is 0 Å². The molecule has 0 aliphatic carbocycles. The topological polar surface area (TPSA) is 268 Å². The van der Waals surface area contributed by atoms with Gasteiger partial charge in [0.2, 0.25) is 11.9 Å². The number of ether oxygens (including phenoxy) is 3. The third-order valence-electron chi connectivity index (χ3n) is 7.15. The lowest BCUT2D eigenvalue weighted by molar-refractivity contribution is -0.0646. The van der Waals surface area contributed by atoms with Gasteiger partial charge >= 0.3 is 0 Å². The molecule has 0 saturated carbocycles. The van der Waals surface area contributed by atoms with Crippen LogP contribution in [0.15, 0.2) is 22.2 Å². The number of hydrogen-bond donors (Lipinski definition) is 7. The average molecular weight is 561 g/mol. The first-order valence-corrected chi connectivity index (χ1v) is 12.6. The van der Waals surface area contributed by atoms with Crippen LogP contribution in [0.1, 0.15) is 31.7 Å². The van der Waals surface area contributed by atoms with E-state index in [4.69, 9.17) is 25.7 Å². The van der Waals surface area contributed by atoms with Gasteiger partial charge in [-0.05, 0) is 12.8 Å². The van der Waals surface area contributed by atoms with E-state index in [1.165, 1.54) is 17.2 Å². The zero-order valence-electron chi connectivity index (χ0n) is 21.0. The summed E-state index contributed by atoms with van der Waals surface area (Å²) >= 11 is 0. The Balaban J connectivity index is 1.07. The van der Waals surface area contributed by atoms with Crippen LogP contribution < -0.4 is 22.6 Å². The van der Waals surface area contributed by atoms with E-state index in [1.54, 1.807) is 4.57 Å². The SMILES string of the molecule is Nc1nc2c(ncn2[C@@H]2O[C@H](CCCO[C@H]3C[C@H](n4cnc5c(=O)[nH]c(N)nc54)O[C@@H]3CO)[C@@H](O)[C@H]2O)c(=O)[nH]1. The number of rotatable bonds is 8. The third-order valence-corrected chi connectivity index (χ3v) is 7.15. The highest BCUT2D eigenvalue weighted by atomic mass is 16.6. The molecular weight excluding hydrogens is 532 g/mol. The minimum atomic E-state index is -1.30. The van der Waals surface area contributed by atoms with Gasteiger partial charge in [0.25, 0.3) is 11.1 Å². The van der Waals surface area contributed by atoms with E-state index in [1.807, 2.05) is 0 Å². The van der Waals surface area contributed by atoms with Crippen LogP contribution in [0.4, 0.5) is 11.9 Å². The predicted molar refractivity (Wildman–Crippen MR) is 136 cm³/mol. The molecule has 2 aliphatic heterocycles. The Bertz CT molecular complexity index is 1640. The molecule has 0 amide bonds. The van der Waals surface area contributed by atoms with Crippen molar-refractivity contribution >= 4 is 34.2 Å². The Morgan fingerprint density at radius 1 is 0.950 bits per heavy atom. The molecule has 0 unspecified atom stereocenters. The number of hydrogen-bond acceptors (Lipinski definition) is 14. The standard InChI is InChI=1S/C22H28N10O8/c23-21-27-16-12(18(36)29-21)25-6-31(16)11-4-9(10(5-33)39-11)38-3-1-2-8-14(34)15(35)20(40-8)32-7-26-13-17(32)28-22(24)30-19(13)37/h6-11,14-15,20,33-35H,1-5H2,(H3,23,27,29,36)(H3,24,28,30,37)/t8-,9+,10-,11-,14-,15-,20-/m1/s1. The Kier molecular flexibility index (Phi) is 6.72. The van der Waals surface area contributed by atoms with E-state index in [-0.39, 0.29) is 47.4 Å². The molecule has 40 heavy (non-hydrogen) atoms. The van der Waals surface area contributed by atoms with E-state index in [0.29, 0.717) is 19.3 Å². The second-order valence-electron chi connectivity index (χ2n) is 9.70. The summed E-state index contributed by atoms with van der Waals surface area (Å²) in [5, 5.41) is 31.1. The summed E-state index contributed by atoms with van der Waals surface area (Å²) in [5.74, 6) is -0.168. The van der Waals surface area contributed by atoms with E-state index in [9.17, 15) is 24.9 Å². The molecule has 0 spiro atoms. The van der Waals surface area contributed by atoms with E-state index in [2.05, 4.69) is 29.9 Å². The zero-order chi connectivity index (χ0) is 28.1. The molecule has 0 radical (unpaired) electrons. The number of aliphatic hydroxyl groups excluding tert-OH is 3. The first kappa shape index (κ1) is 26.3. The predicted octanol–water partition coefficient (Wildman–Crippen LogP) is -2.52. The summed E-state index contributed by atoms with van der Waals surface area (Å²) < 4.78 is 20.8. The van der Waals surface area contributed by atoms with Crippen LogP contribution >= 0.6 is 0 Å². The van der Waals surface area contributed by atoms with Crippen LogP contribution in [0.25, 0.3) is 22.3 Å². The van der Waals surface area contributed by atoms with Gasteiger partial charge < -0.3 is 41.0 Å². The van der Waals surface area contributed by atoms with Gasteiger partial charge in [-0.2, -0.15) is 9.97 Å². The smallest absolute Gasteiger partial charge is 0.280 e. The average Bonchev–Trinajstić information content (AvgIpc) is 3.68. The molecule has 18 heteroatoms. The lowest BCUT2D eigenvalue weighted by atomic mass is 10.1. The van der Waals surface area contributed by atoms with Gasteiger partial charge in [0.15, 0.2) is 28.6 Å². The molecule has 4 aromatic rings. The number of fused-ring (bicyclic) bond motifs is 2. The molecule has 6 rings (SSSR count). The molecular formula is C22H28N10O8. The second kappa shape index (κ2) is 10.2. The number of nitrogen functional groups attached to an aromatic ring is 2. The number of H-pyrrole nitrogens is 2. The minimum Gasteiger partial charge on any atom is -0.394 e. The van der Waals surface area contributed by atoms with Gasteiger partial charge in [0, 0.05) is 13.0 Å². The number of aliphatic hydroxyl groups is 3. The lowest BCUT2D eigenvalue weighted by Gasteiger charge is -2.18. The summed E-state index contributed by atoms with van der Waals surface area (Å²) in [4.78, 5) is 45.2. The minimum absolute atomic E-state index is 0.0293. The molecule has 214 valence electrons. The summed E-state index contributed by atoms with van der Waals surface area (Å²) in [5.41, 5.74) is 10.8. The number of aromatic amines is 2. The summed E-state index contributed by atoms with van der Waals surface area (Å²) in [7, 11) is 0. The first-order chi connectivity index (χ1) is 19.2. The van der Waals surface area contributed by atoms with Crippen LogP contribution in [0.3, 0.4) is 0 Å². The number of nitrogens with zero attached hydrogens (tertiary/aromatic N) is 6. The van der Waals surface area contributed by atoms with Gasteiger partial charge in [-0.1, -0.05) is 0 Å². The fraction of sp³-hybridized carbons (Fsp3) is 0.545. The highest BCUT2D eigenvalue weighted by molar-refractivity contribution is 5.71. The van der Waals surface area contributed by atoms with Crippen LogP contribution in [-0.4, -0.2) is 98.1 Å². The van der Waals surface area contributed by atoms with Crippen molar-refractivity contribution in [2.45, 2.75) is 62.2 Å². The number of anilines is 2. The molecule has 6 heterocycles. The second-order valence-corrected chi connectivity index (χ2v) is 9.70. The first-order valence-electron chi connectivity index (χ1n) is 12.6. The zero-order valence-corrected chi connectivity index (χ0v) is 21.0. The summed E-state index contributed by atoms with van der Waals surface area (Å²) in [6, 6.07) is 0. The molecule has 7 atom stereocenters. The quantitative estimate of drug-likeness (QED) is 0.110. The largest absolute Gasteiger partial charge is 0.394 e. The fourth-order valence-corrected chi connectivity index (χ4v) is 5.21.